The van der Waals surface area contributed by atoms with Gasteiger partial charge in [-0.1, -0.05) is 25.4 Å². The topological polar surface area (TPSA) is 98.7 Å². The quantitative estimate of drug-likeness (QED) is 0.552. The van der Waals surface area contributed by atoms with Gasteiger partial charge in [-0.05, 0) is 24.1 Å². The summed E-state index contributed by atoms with van der Waals surface area (Å²) in [6, 6.07) is 4.14. The molecule has 0 spiro atoms. The monoisotopic (exact) mass is 379 g/mol. The Morgan fingerprint density at radius 2 is 2.08 bits per heavy atom. The van der Waals surface area contributed by atoms with Gasteiger partial charge in [-0.3, -0.25) is 14.9 Å². The Morgan fingerprint density at radius 3 is 2.62 bits per heavy atom. The number of ether oxygens (including phenoxy) is 1. The molecule has 0 radical (unpaired) electrons. The average molecular weight is 380 g/mol. The molecule has 0 aromatic heterocycles. The average Bonchev–Trinajstić information content (AvgIpc) is 2.47. The van der Waals surface area contributed by atoms with Crippen LogP contribution in [0, 0.1) is 15.5 Å². The highest BCUT2D eigenvalue weighted by Crippen LogP contribution is 2.29. The second-order valence-corrected chi connectivity index (χ2v) is 6.52. The third-order valence-corrected chi connectivity index (χ3v) is 3.57. The second kappa shape index (κ2) is 9.66. The van der Waals surface area contributed by atoms with Crippen LogP contribution in [-0.4, -0.2) is 42.5 Å². The number of nitrogens with two attached hydrogens (primary N) is 1. The van der Waals surface area contributed by atoms with Crippen molar-refractivity contribution >= 4 is 35.6 Å². The third kappa shape index (κ3) is 6.90. The number of nitro benzene ring substituents is 1. The van der Waals surface area contributed by atoms with Gasteiger partial charge in [0.15, 0.2) is 5.75 Å². The Morgan fingerprint density at radius 1 is 1.46 bits per heavy atom. The molecule has 0 heterocycles. The number of benzene rings is 1. The van der Waals surface area contributed by atoms with Crippen LogP contribution in [0.25, 0.3) is 0 Å². The van der Waals surface area contributed by atoms with Gasteiger partial charge in [0.05, 0.1) is 18.0 Å². The molecule has 0 saturated carbocycles. The van der Waals surface area contributed by atoms with E-state index in [0.717, 1.165) is 0 Å². The zero-order chi connectivity index (χ0) is 17.6. The highest BCUT2D eigenvalue weighted by Gasteiger charge is 2.21. The van der Waals surface area contributed by atoms with Gasteiger partial charge in [0, 0.05) is 24.7 Å². The van der Waals surface area contributed by atoms with Crippen LogP contribution in [0.15, 0.2) is 18.2 Å². The lowest BCUT2D eigenvalue weighted by atomic mass is 9.93. The van der Waals surface area contributed by atoms with Crippen molar-refractivity contribution in [2.24, 2.45) is 11.1 Å². The van der Waals surface area contributed by atoms with Crippen LogP contribution in [-0.2, 0) is 4.79 Å². The lowest BCUT2D eigenvalue weighted by Gasteiger charge is -2.29. The number of hydrogen-bond acceptors (Lipinski definition) is 5. The highest BCUT2D eigenvalue weighted by molar-refractivity contribution is 6.30. The van der Waals surface area contributed by atoms with Gasteiger partial charge in [0.25, 0.3) is 0 Å². The number of amides is 1. The SMILES string of the molecule is CN(CC(C)(C)CN)C(=O)CCOc1ccc(Cl)cc1[N+](=O)[O-].Cl. The van der Waals surface area contributed by atoms with Crippen LogP contribution in [0.5, 0.6) is 5.75 Å². The molecule has 0 bridgehead atoms. The molecule has 0 aliphatic heterocycles. The Bertz CT molecular complexity index is 582. The van der Waals surface area contributed by atoms with Crippen molar-refractivity contribution in [1.82, 2.24) is 4.90 Å². The molecule has 7 nitrogen and oxygen atoms in total. The Kier molecular flexibility index (Phi) is 9.03. The zero-order valence-electron chi connectivity index (χ0n) is 14.0. The van der Waals surface area contributed by atoms with E-state index >= 15 is 0 Å². The lowest BCUT2D eigenvalue weighted by molar-refractivity contribution is -0.385. The van der Waals surface area contributed by atoms with Crippen molar-refractivity contribution in [2.75, 3.05) is 26.7 Å². The summed E-state index contributed by atoms with van der Waals surface area (Å²) in [6.45, 7) is 5.00. The maximum Gasteiger partial charge on any atom is 0.312 e. The number of hydrogen-bond donors (Lipinski definition) is 1. The summed E-state index contributed by atoms with van der Waals surface area (Å²) in [4.78, 5) is 24.0. The van der Waals surface area contributed by atoms with Crippen LogP contribution in [0.1, 0.15) is 20.3 Å². The van der Waals surface area contributed by atoms with E-state index in [1.165, 1.54) is 18.2 Å². The van der Waals surface area contributed by atoms with Crippen LogP contribution in [0.2, 0.25) is 5.02 Å². The second-order valence-electron chi connectivity index (χ2n) is 6.09. The van der Waals surface area contributed by atoms with Gasteiger partial charge < -0.3 is 15.4 Å². The molecule has 1 rings (SSSR count). The van der Waals surface area contributed by atoms with E-state index in [-0.39, 0.29) is 53.2 Å². The Hall–Kier alpha value is -1.57. The molecule has 9 heteroatoms. The summed E-state index contributed by atoms with van der Waals surface area (Å²) >= 11 is 5.73. The molecule has 0 atom stereocenters. The van der Waals surface area contributed by atoms with E-state index in [2.05, 4.69) is 0 Å². The van der Waals surface area contributed by atoms with Crippen molar-refractivity contribution in [3.8, 4) is 5.75 Å². The van der Waals surface area contributed by atoms with Gasteiger partial charge in [-0.2, -0.15) is 0 Å². The normalized spacial score (nSPS) is 10.7. The van der Waals surface area contributed by atoms with E-state index in [9.17, 15) is 14.9 Å². The number of carbonyl (C=O) groups is 1. The van der Waals surface area contributed by atoms with Gasteiger partial charge >= 0.3 is 5.69 Å². The van der Waals surface area contributed by atoms with E-state index in [4.69, 9.17) is 22.1 Å². The van der Waals surface area contributed by atoms with Gasteiger partial charge in [-0.15, -0.1) is 12.4 Å². The van der Waals surface area contributed by atoms with E-state index < -0.39 is 4.92 Å². The molecular weight excluding hydrogens is 357 g/mol. The van der Waals surface area contributed by atoms with E-state index in [0.29, 0.717) is 13.1 Å². The smallest absolute Gasteiger partial charge is 0.312 e. The molecule has 0 fully saturated rings. The van der Waals surface area contributed by atoms with Crippen molar-refractivity contribution in [3.63, 3.8) is 0 Å². The minimum Gasteiger partial charge on any atom is -0.486 e. The highest BCUT2D eigenvalue weighted by atomic mass is 35.5. The number of carbonyl (C=O) groups excluding carboxylic acids is 1. The van der Waals surface area contributed by atoms with Crippen LogP contribution >= 0.6 is 24.0 Å². The van der Waals surface area contributed by atoms with Gasteiger partial charge in [0.1, 0.15) is 0 Å². The van der Waals surface area contributed by atoms with E-state index in [1.54, 1.807) is 11.9 Å². The fourth-order valence-electron chi connectivity index (χ4n) is 1.99. The van der Waals surface area contributed by atoms with Gasteiger partial charge in [0.2, 0.25) is 5.91 Å². The lowest BCUT2D eigenvalue weighted by Crippen LogP contribution is -2.40. The first-order valence-corrected chi connectivity index (χ1v) is 7.55. The predicted octanol–water partition coefficient (Wildman–Crippen LogP) is 2.88. The van der Waals surface area contributed by atoms with Crippen LogP contribution < -0.4 is 10.5 Å². The minimum absolute atomic E-state index is 0. The molecule has 1 aromatic rings. The summed E-state index contributed by atoms with van der Waals surface area (Å²) in [5.74, 6) is -0.0136. The summed E-state index contributed by atoms with van der Waals surface area (Å²) in [7, 11) is 1.70. The molecule has 2 N–H and O–H groups in total. The minimum atomic E-state index is -0.571. The predicted molar refractivity (Wildman–Crippen MR) is 95.9 cm³/mol. The van der Waals surface area contributed by atoms with Crippen LogP contribution in [0.3, 0.4) is 0 Å². The molecule has 0 aliphatic rings. The molecular formula is C15H23Cl2N3O4. The standard InChI is InChI=1S/C15H22ClN3O4.ClH/c1-15(2,9-17)10-18(3)14(20)6-7-23-13-5-4-11(16)8-12(13)19(21)22;/h4-5,8H,6-7,9-10,17H2,1-3H3;1H. The zero-order valence-corrected chi connectivity index (χ0v) is 15.5. The molecule has 136 valence electrons. The van der Waals surface area contributed by atoms with Crippen molar-refractivity contribution < 1.29 is 14.5 Å². The fraction of sp³-hybridized carbons (Fsp3) is 0.533. The number of nitro groups is 1. The number of nitrogens with zero attached hydrogens (tertiary/aromatic N) is 2. The van der Waals surface area contributed by atoms with E-state index in [1.807, 2.05) is 13.8 Å². The first kappa shape index (κ1) is 22.4. The van der Waals surface area contributed by atoms with Crippen molar-refractivity contribution in [1.29, 1.82) is 0 Å². The Labute approximate surface area is 152 Å². The first-order valence-electron chi connectivity index (χ1n) is 7.17. The third-order valence-electron chi connectivity index (χ3n) is 3.33. The summed E-state index contributed by atoms with van der Waals surface area (Å²) in [5, 5.41) is 11.2. The first-order chi connectivity index (χ1) is 10.7. The molecule has 1 amide bonds. The summed E-state index contributed by atoms with van der Waals surface area (Å²) < 4.78 is 5.36. The maximum atomic E-state index is 12.0. The largest absolute Gasteiger partial charge is 0.486 e. The van der Waals surface area contributed by atoms with Gasteiger partial charge in [-0.25, -0.2) is 0 Å². The van der Waals surface area contributed by atoms with Crippen molar-refractivity contribution in [2.45, 2.75) is 20.3 Å². The van der Waals surface area contributed by atoms with Crippen LogP contribution in [0.4, 0.5) is 5.69 Å². The summed E-state index contributed by atoms with van der Waals surface area (Å²) in [6.07, 6.45) is 0.122. The maximum absolute atomic E-state index is 12.0. The molecule has 0 saturated heterocycles. The van der Waals surface area contributed by atoms with Crippen molar-refractivity contribution in [3.05, 3.63) is 33.3 Å². The number of halogens is 2. The Balaban J connectivity index is 0.00000529. The summed E-state index contributed by atoms with van der Waals surface area (Å²) in [5.41, 5.74) is 5.26. The molecule has 1 aromatic carbocycles. The fourth-order valence-corrected chi connectivity index (χ4v) is 2.16. The molecule has 0 aliphatic carbocycles. The molecule has 0 unspecified atom stereocenters. The number of rotatable bonds is 8. The molecule has 24 heavy (non-hydrogen) atoms.